The molecule has 1 heterocycles. The quantitative estimate of drug-likeness (QED) is 0.774. The minimum absolute atomic E-state index is 0.0508. The first-order valence-corrected chi connectivity index (χ1v) is 8.49. The number of hydrogen-bond acceptors (Lipinski definition) is 3. The highest BCUT2D eigenvalue weighted by Gasteiger charge is 2.21. The van der Waals surface area contributed by atoms with Crippen molar-refractivity contribution in [1.82, 2.24) is 10.2 Å². The summed E-state index contributed by atoms with van der Waals surface area (Å²) in [4.78, 5) is 14.5. The lowest BCUT2D eigenvalue weighted by atomic mass is 9.92. The lowest BCUT2D eigenvalue weighted by Crippen LogP contribution is -2.40. The van der Waals surface area contributed by atoms with E-state index >= 15 is 0 Å². The third-order valence-electron chi connectivity index (χ3n) is 4.22. The van der Waals surface area contributed by atoms with Gasteiger partial charge in [-0.05, 0) is 55.5 Å². The number of carbonyl (C=O) groups is 1. The van der Waals surface area contributed by atoms with Crippen LogP contribution in [0.5, 0.6) is 5.75 Å². The molecule has 24 heavy (non-hydrogen) atoms. The van der Waals surface area contributed by atoms with Gasteiger partial charge in [-0.25, -0.2) is 0 Å². The van der Waals surface area contributed by atoms with Crippen molar-refractivity contribution in [2.45, 2.75) is 33.3 Å². The molecule has 2 rings (SSSR count). The lowest BCUT2D eigenvalue weighted by molar-refractivity contribution is -0.0498. The predicted octanol–water partition coefficient (Wildman–Crippen LogP) is 3.39. The van der Waals surface area contributed by atoms with E-state index in [9.17, 15) is 13.6 Å². The fourth-order valence-electron chi connectivity index (χ4n) is 3.37. The maximum Gasteiger partial charge on any atom is 0.387 e. The van der Waals surface area contributed by atoms with Crippen LogP contribution in [-0.4, -0.2) is 43.6 Å². The first-order valence-electron chi connectivity index (χ1n) is 8.49. The number of nitrogens with one attached hydrogen (secondary N) is 1. The normalized spacial score (nSPS) is 21.7. The molecule has 0 radical (unpaired) electrons. The van der Waals surface area contributed by atoms with Crippen molar-refractivity contribution in [3.63, 3.8) is 0 Å². The van der Waals surface area contributed by atoms with Crippen LogP contribution in [0, 0.1) is 11.8 Å². The SMILES string of the molecule is C[C@@H]1C[C@H](C)CN(CCCNC(=O)c2ccc(OC(F)F)cc2)C1. The van der Waals surface area contributed by atoms with Crippen molar-refractivity contribution >= 4 is 5.91 Å². The van der Waals surface area contributed by atoms with E-state index in [0.717, 1.165) is 37.9 Å². The van der Waals surface area contributed by atoms with Gasteiger partial charge in [0.25, 0.3) is 5.91 Å². The summed E-state index contributed by atoms with van der Waals surface area (Å²) < 4.78 is 28.4. The molecule has 2 atom stereocenters. The predicted molar refractivity (Wildman–Crippen MR) is 89.4 cm³/mol. The van der Waals surface area contributed by atoms with E-state index in [2.05, 4.69) is 28.8 Å². The smallest absolute Gasteiger partial charge is 0.387 e. The molecule has 6 heteroatoms. The van der Waals surface area contributed by atoms with Gasteiger partial charge in [0.2, 0.25) is 0 Å². The molecule has 1 aliphatic heterocycles. The number of carbonyl (C=O) groups excluding carboxylic acids is 1. The van der Waals surface area contributed by atoms with Crippen molar-refractivity contribution in [2.75, 3.05) is 26.2 Å². The number of hydrogen-bond donors (Lipinski definition) is 1. The summed E-state index contributed by atoms with van der Waals surface area (Å²) in [5.41, 5.74) is 0.442. The number of alkyl halides is 2. The Bertz CT molecular complexity index is 512. The Balaban J connectivity index is 1.69. The zero-order valence-corrected chi connectivity index (χ0v) is 14.3. The van der Waals surface area contributed by atoms with E-state index in [4.69, 9.17) is 0 Å². The molecule has 1 aromatic rings. The van der Waals surface area contributed by atoms with E-state index in [-0.39, 0.29) is 11.7 Å². The summed E-state index contributed by atoms with van der Waals surface area (Å²) in [7, 11) is 0. The van der Waals surface area contributed by atoms with Crippen LogP contribution in [0.3, 0.4) is 0 Å². The largest absolute Gasteiger partial charge is 0.435 e. The van der Waals surface area contributed by atoms with Gasteiger partial charge in [-0.3, -0.25) is 4.79 Å². The number of halogens is 2. The van der Waals surface area contributed by atoms with Gasteiger partial charge < -0.3 is 15.0 Å². The van der Waals surface area contributed by atoms with Gasteiger partial charge in [0.15, 0.2) is 0 Å². The Morgan fingerprint density at radius 1 is 1.25 bits per heavy atom. The third kappa shape index (κ3) is 6.07. The monoisotopic (exact) mass is 340 g/mol. The number of ether oxygens (including phenoxy) is 1. The van der Waals surface area contributed by atoms with E-state index in [0.29, 0.717) is 12.1 Å². The van der Waals surface area contributed by atoms with Crippen LogP contribution in [0.15, 0.2) is 24.3 Å². The third-order valence-corrected chi connectivity index (χ3v) is 4.22. The van der Waals surface area contributed by atoms with Crippen molar-refractivity contribution in [3.05, 3.63) is 29.8 Å². The van der Waals surface area contributed by atoms with Crippen molar-refractivity contribution < 1.29 is 18.3 Å². The maximum atomic E-state index is 12.1. The van der Waals surface area contributed by atoms with Crippen LogP contribution >= 0.6 is 0 Å². The number of amides is 1. The Kier molecular flexibility index (Phi) is 6.97. The Morgan fingerprint density at radius 3 is 2.46 bits per heavy atom. The van der Waals surface area contributed by atoms with E-state index in [1.165, 1.54) is 30.7 Å². The number of nitrogens with zero attached hydrogens (tertiary/aromatic N) is 1. The highest BCUT2D eigenvalue weighted by Crippen LogP contribution is 2.20. The number of rotatable bonds is 7. The highest BCUT2D eigenvalue weighted by molar-refractivity contribution is 5.94. The molecule has 1 N–H and O–H groups in total. The molecule has 4 nitrogen and oxygen atoms in total. The Morgan fingerprint density at radius 2 is 1.88 bits per heavy atom. The van der Waals surface area contributed by atoms with Crippen LogP contribution in [0.1, 0.15) is 37.0 Å². The molecule has 1 amide bonds. The summed E-state index contributed by atoms with van der Waals surface area (Å²) in [5.74, 6) is 1.32. The van der Waals surface area contributed by atoms with E-state index < -0.39 is 6.61 Å². The second kappa shape index (κ2) is 8.97. The lowest BCUT2D eigenvalue weighted by Gasteiger charge is -2.34. The van der Waals surface area contributed by atoms with Crippen LogP contribution in [-0.2, 0) is 0 Å². The summed E-state index contributed by atoms with van der Waals surface area (Å²) in [6, 6.07) is 5.72. The van der Waals surface area contributed by atoms with Crippen LogP contribution < -0.4 is 10.1 Å². The first-order chi connectivity index (χ1) is 11.4. The first kappa shape index (κ1) is 18.6. The summed E-state index contributed by atoms with van der Waals surface area (Å²) >= 11 is 0. The molecular weight excluding hydrogens is 314 g/mol. The summed E-state index contributed by atoms with van der Waals surface area (Å²) in [6.07, 6.45) is 2.19. The number of benzene rings is 1. The molecule has 0 aliphatic carbocycles. The molecule has 134 valence electrons. The summed E-state index contributed by atoms with van der Waals surface area (Å²) in [6.45, 7) is 5.56. The second-order valence-corrected chi connectivity index (χ2v) is 6.72. The maximum absolute atomic E-state index is 12.1. The average Bonchev–Trinajstić information content (AvgIpc) is 2.50. The van der Waals surface area contributed by atoms with Crippen molar-refractivity contribution in [3.8, 4) is 5.75 Å². The minimum atomic E-state index is -2.86. The van der Waals surface area contributed by atoms with Crippen LogP contribution in [0.4, 0.5) is 8.78 Å². The Hall–Kier alpha value is -1.69. The molecule has 0 bridgehead atoms. The van der Waals surface area contributed by atoms with Gasteiger partial charge >= 0.3 is 6.61 Å². The van der Waals surface area contributed by atoms with Gasteiger partial charge in [-0.2, -0.15) is 8.78 Å². The highest BCUT2D eigenvalue weighted by atomic mass is 19.3. The second-order valence-electron chi connectivity index (χ2n) is 6.72. The zero-order chi connectivity index (χ0) is 17.5. The molecule has 0 unspecified atom stereocenters. The molecule has 0 aromatic heterocycles. The fraction of sp³-hybridized carbons (Fsp3) is 0.611. The number of likely N-dealkylation sites (tertiary alicyclic amines) is 1. The standard InChI is InChI=1S/C18H26F2N2O2/c1-13-10-14(2)12-22(11-13)9-3-8-21-17(23)15-4-6-16(7-5-15)24-18(19)20/h4-7,13-14,18H,3,8-12H2,1-2H3,(H,21,23)/t13-,14+. The molecule has 1 aromatic carbocycles. The van der Waals surface area contributed by atoms with Gasteiger partial charge in [0.05, 0.1) is 0 Å². The molecule has 0 saturated carbocycles. The zero-order valence-electron chi connectivity index (χ0n) is 14.3. The summed E-state index contributed by atoms with van der Waals surface area (Å²) in [5, 5.41) is 2.87. The van der Waals surface area contributed by atoms with Gasteiger partial charge in [-0.15, -0.1) is 0 Å². The van der Waals surface area contributed by atoms with Gasteiger partial charge in [0, 0.05) is 25.2 Å². The van der Waals surface area contributed by atoms with Crippen molar-refractivity contribution in [1.29, 1.82) is 0 Å². The van der Waals surface area contributed by atoms with Crippen LogP contribution in [0.25, 0.3) is 0 Å². The van der Waals surface area contributed by atoms with E-state index in [1.54, 1.807) is 0 Å². The Labute approximate surface area is 142 Å². The van der Waals surface area contributed by atoms with Crippen molar-refractivity contribution in [2.24, 2.45) is 11.8 Å². The molecule has 1 saturated heterocycles. The minimum Gasteiger partial charge on any atom is -0.435 e. The molecular formula is C18H26F2N2O2. The topological polar surface area (TPSA) is 41.6 Å². The molecule has 0 spiro atoms. The molecule has 1 aliphatic rings. The van der Waals surface area contributed by atoms with Crippen LogP contribution in [0.2, 0.25) is 0 Å². The average molecular weight is 340 g/mol. The fourth-order valence-corrected chi connectivity index (χ4v) is 3.37. The van der Waals surface area contributed by atoms with Gasteiger partial charge in [-0.1, -0.05) is 13.8 Å². The number of piperidine rings is 1. The van der Waals surface area contributed by atoms with E-state index in [1.807, 2.05) is 0 Å². The molecule has 1 fully saturated rings. The van der Waals surface area contributed by atoms with Gasteiger partial charge in [0.1, 0.15) is 5.75 Å².